The van der Waals surface area contributed by atoms with E-state index >= 15 is 0 Å². The number of hydrogen-bond acceptors (Lipinski definition) is 5. The van der Waals surface area contributed by atoms with Gasteiger partial charge in [-0.05, 0) is 32.4 Å². The van der Waals surface area contributed by atoms with Crippen LogP contribution in [-0.4, -0.2) is 33.5 Å². The van der Waals surface area contributed by atoms with E-state index in [1.54, 1.807) is 24.8 Å². The Morgan fingerprint density at radius 3 is 2.64 bits per heavy atom. The highest BCUT2D eigenvalue weighted by Gasteiger charge is 2.17. The van der Waals surface area contributed by atoms with Gasteiger partial charge < -0.3 is 20.1 Å². The summed E-state index contributed by atoms with van der Waals surface area (Å²) < 4.78 is 5.05. The maximum absolute atomic E-state index is 12.3. The second kappa shape index (κ2) is 8.27. The maximum atomic E-state index is 12.3. The zero-order valence-electron chi connectivity index (χ0n) is 14.9. The number of nitrogens with one attached hydrogen (secondary N) is 2. The van der Waals surface area contributed by atoms with Crippen molar-refractivity contribution in [3.05, 3.63) is 41.5 Å². The number of carbonyl (C=O) groups is 2. The van der Waals surface area contributed by atoms with Gasteiger partial charge in [-0.1, -0.05) is 23.4 Å². The molecule has 0 bridgehead atoms. The number of rotatable bonds is 6. The van der Waals surface area contributed by atoms with Crippen molar-refractivity contribution in [1.29, 1.82) is 0 Å². The number of aryl methyl sites for hydroxylation is 1. The van der Waals surface area contributed by atoms with E-state index in [-0.39, 0.29) is 11.9 Å². The van der Waals surface area contributed by atoms with Crippen LogP contribution in [0.1, 0.15) is 44.1 Å². The molecule has 2 N–H and O–H groups in total. The van der Waals surface area contributed by atoms with Gasteiger partial charge in [-0.3, -0.25) is 4.79 Å². The van der Waals surface area contributed by atoms with E-state index in [9.17, 15) is 9.59 Å². The van der Waals surface area contributed by atoms with Crippen LogP contribution < -0.4 is 10.6 Å². The summed E-state index contributed by atoms with van der Waals surface area (Å²) in [7, 11) is 0. The minimum Gasteiger partial charge on any atom is -0.339 e. The first kappa shape index (κ1) is 18.4. The van der Waals surface area contributed by atoms with Gasteiger partial charge in [0.1, 0.15) is 6.04 Å². The van der Waals surface area contributed by atoms with E-state index in [2.05, 4.69) is 20.8 Å². The van der Waals surface area contributed by atoms with Crippen molar-refractivity contribution in [2.24, 2.45) is 0 Å². The van der Waals surface area contributed by atoms with Crippen LogP contribution in [0, 0.1) is 6.92 Å². The van der Waals surface area contributed by atoms with Gasteiger partial charge in [0.25, 0.3) is 0 Å². The summed E-state index contributed by atoms with van der Waals surface area (Å²) >= 11 is 0. The number of urea groups is 1. The predicted molar refractivity (Wildman–Crippen MR) is 92.8 cm³/mol. The highest BCUT2D eigenvalue weighted by atomic mass is 16.5. The number of nitrogens with zero attached hydrogens (tertiary/aromatic N) is 3. The average molecular weight is 345 g/mol. The Bertz CT molecular complexity index is 743. The second-order valence-electron chi connectivity index (χ2n) is 5.69. The van der Waals surface area contributed by atoms with E-state index in [0.29, 0.717) is 30.5 Å². The highest BCUT2D eigenvalue weighted by molar-refractivity contribution is 5.90. The first-order valence-corrected chi connectivity index (χ1v) is 8.11. The Hall–Kier alpha value is -2.90. The molecule has 0 saturated heterocycles. The molecule has 1 aromatic heterocycles. The Balaban J connectivity index is 2.04. The van der Waals surface area contributed by atoms with Crippen molar-refractivity contribution in [2.75, 3.05) is 11.9 Å². The van der Waals surface area contributed by atoms with Gasteiger partial charge >= 0.3 is 6.03 Å². The van der Waals surface area contributed by atoms with Crippen LogP contribution in [0.2, 0.25) is 0 Å². The van der Waals surface area contributed by atoms with Crippen LogP contribution in [0.5, 0.6) is 0 Å². The molecule has 25 heavy (non-hydrogen) atoms. The molecule has 1 aromatic carbocycles. The van der Waals surface area contributed by atoms with E-state index < -0.39 is 6.04 Å². The Morgan fingerprint density at radius 1 is 1.32 bits per heavy atom. The molecule has 8 nitrogen and oxygen atoms in total. The third-order valence-corrected chi connectivity index (χ3v) is 3.72. The van der Waals surface area contributed by atoms with E-state index in [0.717, 1.165) is 5.56 Å². The molecule has 1 heterocycles. The number of anilines is 1. The van der Waals surface area contributed by atoms with Crippen molar-refractivity contribution in [1.82, 2.24) is 20.4 Å². The van der Waals surface area contributed by atoms with E-state index in [1.807, 2.05) is 25.1 Å². The second-order valence-corrected chi connectivity index (χ2v) is 5.69. The van der Waals surface area contributed by atoms with Gasteiger partial charge in [0.05, 0.1) is 0 Å². The SMILES string of the molecule is CCN(Cc1ccccc1NC(=O)NC(C)c1nc(C)no1)C(C)=O. The van der Waals surface area contributed by atoms with Crippen LogP contribution >= 0.6 is 0 Å². The highest BCUT2D eigenvalue weighted by Crippen LogP contribution is 2.18. The smallest absolute Gasteiger partial charge is 0.319 e. The molecule has 0 aliphatic heterocycles. The van der Waals surface area contributed by atoms with Crippen molar-refractivity contribution in [3.8, 4) is 0 Å². The Labute approximate surface area is 146 Å². The minimum atomic E-state index is -0.419. The molecule has 2 rings (SSSR count). The summed E-state index contributed by atoms with van der Waals surface area (Å²) in [6, 6.07) is 6.57. The summed E-state index contributed by atoms with van der Waals surface area (Å²) in [4.78, 5) is 29.7. The first-order valence-electron chi connectivity index (χ1n) is 8.11. The number of amides is 3. The summed E-state index contributed by atoms with van der Waals surface area (Å²) in [5.74, 6) is 0.843. The van der Waals surface area contributed by atoms with Gasteiger partial charge in [0.2, 0.25) is 11.8 Å². The number of benzene rings is 1. The average Bonchev–Trinajstić information content (AvgIpc) is 3.00. The van der Waals surface area contributed by atoms with Gasteiger partial charge in [0, 0.05) is 25.7 Å². The van der Waals surface area contributed by atoms with Gasteiger partial charge in [0.15, 0.2) is 5.82 Å². The van der Waals surface area contributed by atoms with Crippen LogP contribution in [0.25, 0.3) is 0 Å². The zero-order valence-corrected chi connectivity index (χ0v) is 14.9. The fraction of sp³-hybridized carbons (Fsp3) is 0.412. The fourth-order valence-electron chi connectivity index (χ4n) is 2.34. The molecule has 0 fully saturated rings. The molecule has 0 aliphatic rings. The first-order chi connectivity index (χ1) is 11.9. The van der Waals surface area contributed by atoms with E-state index in [4.69, 9.17) is 4.52 Å². The summed E-state index contributed by atoms with van der Waals surface area (Å²) in [5.41, 5.74) is 1.50. The van der Waals surface area contributed by atoms with Crippen molar-refractivity contribution in [2.45, 2.75) is 40.3 Å². The predicted octanol–water partition coefficient (Wildman–Crippen LogP) is 2.63. The van der Waals surface area contributed by atoms with Crippen LogP contribution in [0.15, 0.2) is 28.8 Å². The van der Waals surface area contributed by atoms with Crippen molar-refractivity contribution in [3.63, 3.8) is 0 Å². The standard InChI is InChI=1S/C17H23N5O3/c1-5-22(13(4)23)10-14-8-6-7-9-15(14)20-17(24)18-11(2)16-19-12(3)21-25-16/h6-9,11H,5,10H2,1-4H3,(H2,18,20,24). The van der Waals surface area contributed by atoms with Crippen LogP contribution in [0.4, 0.5) is 10.5 Å². The molecule has 134 valence electrons. The number of hydrogen-bond donors (Lipinski definition) is 2. The number of para-hydroxylation sites is 1. The maximum Gasteiger partial charge on any atom is 0.319 e. The Morgan fingerprint density at radius 2 is 2.04 bits per heavy atom. The van der Waals surface area contributed by atoms with Crippen LogP contribution in [-0.2, 0) is 11.3 Å². The molecular formula is C17H23N5O3. The fourth-order valence-corrected chi connectivity index (χ4v) is 2.34. The van der Waals surface area contributed by atoms with Gasteiger partial charge in [-0.25, -0.2) is 4.79 Å². The molecule has 3 amide bonds. The van der Waals surface area contributed by atoms with Crippen LogP contribution in [0.3, 0.4) is 0 Å². The lowest BCUT2D eigenvalue weighted by molar-refractivity contribution is -0.129. The molecule has 0 spiro atoms. The summed E-state index contributed by atoms with van der Waals surface area (Å²) in [5, 5.41) is 9.26. The third kappa shape index (κ3) is 5.03. The molecule has 1 unspecified atom stereocenters. The van der Waals surface area contributed by atoms with Gasteiger partial charge in [-0.2, -0.15) is 4.98 Å². The lowest BCUT2D eigenvalue weighted by Gasteiger charge is -2.21. The quantitative estimate of drug-likeness (QED) is 0.838. The number of carbonyl (C=O) groups excluding carboxylic acids is 2. The molecule has 0 aliphatic carbocycles. The van der Waals surface area contributed by atoms with E-state index in [1.165, 1.54) is 6.92 Å². The summed E-state index contributed by atoms with van der Waals surface area (Å²) in [6.45, 7) is 7.94. The summed E-state index contributed by atoms with van der Waals surface area (Å²) in [6.07, 6.45) is 0. The van der Waals surface area contributed by atoms with Crippen molar-refractivity contribution >= 4 is 17.6 Å². The zero-order chi connectivity index (χ0) is 18.4. The largest absolute Gasteiger partial charge is 0.339 e. The molecule has 0 saturated carbocycles. The molecular weight excluding hydrogens is 322 g/mol. The monoisotopic (exact) mass is 345 g/mol. The topological polar surface area (TPSA) is 100 Å². The molecule has 8 heteroatoms. The van der Waals surface area contributed by atoms with Crippen molar-refractivity contribution < 1.29 is 14.1 Å². The number of aromatic nitrogens is 2. The molecule has 1 atom stereocenters. The minimum absolute atomic E-state index is 0.0119. The molecule has 0 radical (unpaired) electrons. The van der Waals surface area contributed by atoms with Gasteiger partial charge in [-0.15, -0.1) is 0 Å². The normalized spacial score (nSPS) is 11.7. The third-order valence-electron chi connectivity index (χ3n) is 3.72. The lowest BCUT2D eigenvalue weighted by Crippen LogP contribution is -2.32. The lowest BCUT2D eigenvalue weighted by atomic mass is 10.1. The Kier molecular flexibility index (Phi) is 6.10. The molecule has 2 aromatic rings.